The Morgan fingerprint density at radius 3 is 2.95 bits per heavy atom. The van der Waals surface area contributed by atoms with E-state index in [0.717, 1.165) is 18.3 Å². The Bertz CT molecular complexity index is 445. The molecule has 1 aliphatic heterocycles. The van der Waals surface area contributed by atoms with Crippen molar-refractivity contribution in [1.29, 1.82) is 0 Å². The van der Waals surface area contributed by atoms with Crippen LogP contribution < -0.4 is 4.74 Å². The Morgan fingerprint density at radius 1 is 1.25 bits per heavy atom. The quantitative estimate of drug-likeness (QED) is 0.677. The summed E-state index contributed by atoms with van der Waals surface area (Å²) < 4.78 is 5.82. The second-order valence-electron chi connectivity index (χ2n) is 6.53. The largest absolute Gasteiger partial charge is 0.493 e. The van der Waals surface area contributed by atoms with Crippen LogP contribution in [0.5, 0.6) is 5.75 Å². The van der Waals surface area contributed by atoms with Gasteiger partial charge in [-0.3, -0.25) is 0 Å². The average molecular weight is 293 g/mol. The first kappa shape index (κ1) is 14.3. The normalized spacial score (nSPS) is 32.7. The van der Waals surface area contributed by atoms with Crippen LogP contribution in [0.4, 0.5) is 0 Å². The summed E-state index contributed by atoms with van der Waals surface area (Å²) >= 11 is 6.61. The van der Waals surface area contributed by atoms with Gasteiger partial charge in [0.05, 0.1) is 6.61 Å². The van der Waals surface area contributed by atoms with Gasteiger partial charge in [-0.05, 0) is 43.6 Å². The van der Waals surface area contributed by atoms with Crippen molar-refractivity contribution in [2.75, 3.05) is 6.61 Å². The molecular formula is C18H25ClO. The summed E-state index contributed by atoms with van der Waals surface area (Å²) in [6, 6.07) is 8.50. The first-order chi connectivity index (χ1) is 9.78. The van der Waals surface area contributed by atoms with E-state index in [1.54, 1.807) is 0 Å². The summed E-state index contributed by atoms with van der Waals surface area (Å²) in [5, 5.41) is 0.371. The summed E-state index contributed by atoms with van der Waals surface area (Å²) in [4.78, 5) is 0. The minimum Gasteiger partial charge on any atom is -0.493 e. The molecule has 3 rings (SSSR count). The molecule has 1 fully saturated rings. The van der Waals surface area contributed by atoms with E-state index in [1.807, 2.05) is 0 Å². The lowest BCUT2D eigenvalue weighted by molar-refractivity contribution is 0.225. The fourth-order valence-corrected chi connectivity index (χ4v) is 4.36. The topological polar surface area (TPSA) is 9.23 Å². The van der Waals surface area contributed by atoms with Crippen LogP contribution in [0.3, 0.4) is 0 Å². The zero-order chi connectivity index (χ0) is 13.9. The first-order valence-corrected chi connectivity index (χ1v) is 8.57. The van der Waals surface area contributed by atoms with Gasteiger partial charge in [0.15, 0.2) is 0 Å². The van der Waals surface area contributed by atoms with Crippen molar-refractivity contribution in [2.24, 2.45) is 11.8 Å². The van der Waals surface area contributed by atoms with Crippen LogP contribution in [0, 0.1) is 11.8 Å². The molecule has 0 bridgehead atoms. The Balaban J connectivity index is 1.65. The van der Waals surface area contributed by atoms with Gasteiger partial charge in [-0.25, -0.2) is 0 Å². The molecule has 1 heterocycles. The standard InChI is InChI=1S/C18H25ClO/c1-2-5-13-8-9-17(19)14(10-13)11-15-12-20-18-7-4-3-6-16(15)18/h3-4,6-7,13-15,17H,2,5,8-12H2,1H3. The Hall–Kier alpha value is -0.690. The van der Waals surface area contributed by atoms with Gasteiger partial charge >= 0.3 is 0 Å². The summed E-state index contributed by atoms with van der Waals surface area (Å²) in [6.45, 7) is 3.14. The van der Waals surface area contributed by atoms with E-state index in [1.165, 1.54) is 44.1 Å². The fourth-order valence-electron chi connectivity index (χ4n) is 4.03. The predicted molar refractivity (Wildman–Crippen MR) is 84.7 cm³/mol. The summed E-state index contributed by atoms with van der Waals surface area (Å²) in [5.74, 6) is 3.21. The molecule has 0 aromatic heterocycles. The third kappa shape index (κ3) is 2.98. The second kappa shape index (κ2) is 6.39. The fraction of sp³-hybridized carbons (Fsp3) is 0.667. The van der Waals surface area contributed by atoms with Gasteiger partial charge in [-0.15, -0.1) is 11.6 Å². The van der Waals surface area contributed by atoms with Crippen LogP contribution >= 0.6 is 11.6 Å². The lowest BCUT2D eigenvalue weighted by atomic mass is 9.75. The third-order valence-electron chi connectivity index (χ3n) is 5.08. The Kier molecular flexibility index (Phi) is 4.55. The molecule has 0 amide bonds. The molecule has 1 aromatic rings. The van der Waals surface area contributed by atoms with Gasteiger partial charge in [-0.1, -0.05) is 38.0 Å². The van der Waals surface area contributed by atoms with Crippen molar-refractivity contribution in [3.05, 3.63) is 29.8 Å². The van der Waals surface area contributed by atoms with Crippen LogP contribution in [0.1, 0.15) is 56.9 Å². The van der Waals surface area contributed by atoms with Crippen molar-refractivity contribution >= 4 is 11.6 Å². The molecule has 1 saturated carbocycles. The SMILES string of the molecule is CCCC1CCC(Cl)C(CC2COc3ccccc32)C1. The molecule has 20 heavy (non-hydrogen) atoms. The zero-order valence-corrected chi connectivity index (χ0v) is 13.1. The van der Waals surface area contributed by atoms with Crippen molar-refractivity contribution in [1.82, 2.24) is 0 Å². The molecule has 2 aliphatic rings. The van der Waals surface area contributed by atoms with Crippen molar-refractivity contribution in [2.45, 2.75) is 56.7 Å². The number of hydrogen-bond donors (Lipinski definition) is 0. The van der Waals surface area contributed by atoms with Crippen LogP contribution in [0.15, 0.2) is 24.3 Å². The first-order valence-electron chi connectivity index (χ1n) is 8.13. The molecular weight excluding hydrogens is 268 g/mol. The summed E-state index contributed by atoms with van der Waals surface area (Å²) in [7, 11) is 0. The van der Waals surface area contributed by atoms with Crippen LogP contribution in [-0.2, 0) is 0 Å². The molecule has 1 nitrogen and oxygen atoms in total. The predicted octanol–water partition coefficient (Wildman–Crippen LogP) is 5.38. The van der Waals surface area contributed by atoms with E-state index >= 15 is 0 Å². The van der Waals surface area contributed by atoms with Gasteiger partial charge in [0.1, 0.15) is 5.75 Å². The maximum absolute atomic E-state index is 6.61. The number of halogens is 1. The minimum absolute atomic E-state index is 0.371. The summed E-state index contributed by atoms with van der Waals surface area (Å²) in [6.07, 6.45) is 7.73. The zero-order valence-electron chi connectivity index (χ0n) is 12.4. The molecule has 0 spiro atoms. The monoisotopic (exact) mass is 292 g/mol. The van der Waals surface area contributed by atoms with E-state index in [-0.39, 0.29) is 0 Å². The molecule has 0 saturated heterocycles. The van der Waals surface area contributed by atoms with E-state index in [2.05, 4.69) is 31.2 Å². The second-order valence-corrected chi connectivity index (χ2v) is 7.09. The summed E-state index contributed by atoms with van der Waals surface area (Å²) in [5.41, 5.74) is 1.40. The highest BCUT2D eigenvalue weighted by Gasteiger charge is 2.33. The molecule has 1 aliphatic carbocycles. The lowest BCUT2D eigenvalue weighted by Gasteiger charge is -2.34. The molecule has 1 aromatic carbocycles. The molecule has 110 valence electrons. The van der Waals surface area contributed by atoms with Gasteiger partial charge in [0, 0.05) is 16.9 Å². The Labute approximate surface area is 127 Å². The third-order valence-corrected chi connectivity index (χ3v) is 5.66. The number of ether oxygens (including phenoxy) is 1. The van der Waals surface area contributed by atoms with E-state index in [0.29, 0.717) is 17.2 Å². The Morgan fingerprint density at radius 2 is 2.10 bits per heavy atom. The lowest BCUT2D eigenvalue weighted by Crippen LogP contribution is -2.27. The molecule has 4 unspecified atom stereocenters. The highest BCUT2D eigenvalue weighted by molar-refractivity contribution is 6.20. The smallest absolute Gasteiger partial charge is 0.122 e. The van der Waals surface area contributed by atoms with E-state index in [9.17, 15) is 0 Å². The van der Waals surface area contributed by atoms with Crippen molar-refractivity contribution in [3.8, 4) is 5.75 Å². The number of hydrogen-bond acceptors (Lipinski definition) is 1. The van der Waals surface area contributed by atoms with E-state index in [4.69, 9.17) is 16.3 Å². The highest BCUT2D eigenvalue weighted by atomic mass is 35.5. The van der Waals surface area contributed by atoms with Crippen LogP contribution in [0.25, 0.3) is 0 Å². The highest BCUT2D eigenvalue weighted by Crippen LogP contribution is 2.43. The molecule has 0 N–H and O–H groups in total. The molecule has 2 heteroatoms. The van der Waals surface area contributed by atoms with Crippen LogP contribution in [0.2, 0.25) is 0 Å². The number of fused-ring (bicyclic) bond motifs is 1. The maximum Gasteiger partial charge on any atom is 0.122 e. The minimum atomic E-state index is 0.371. The van der Waals surface area contributed by atoms with Crippen molar-refractivity contribution < 1.29 is 4.74 Å². The van der Waals surface area contributed by atoms with Gasteiger partial charge in [0.25, 0.3) is 0 Å². The van der Waals surface area contributed by atoms with E-state index < -0.39 is 0 Å². The van der Waals surface area contributed by atoms with Crippen LogP contribution in [-0.4, -0.2) is 12.0 Å². The van der Waals surface area contributed by atoms with Crippen molar-refractivity contribution in [3.63, 3.8) is 0 Å². The number of benzene rings is 1. The average Bonchev–Trinajstić information content (AvgIpc) is 2.86. The number of rotatable bonds is 4. The van der Waals surface area contributed by atoms with Gasteiger partial charge < -0.3 is 4.74 Å². The molecule has 4 atom stereocenters. The van der Waals surface area contributed by atoms with Gasteiger partial charge in [0.2, 0.25) is 0 Å². The number of alkyl halides is 1. The number of para-hydroxylation sites is 1. The maximum atomic E-state index is 6.61. The molecule has 0 radical (unpaired) electrons. The van der Waals surface area contributed by atoms with Gasteiger partial charge in [-0.2, -0.15) is 0 Å².